The van der Waals surface area contributed by atoms with Crippen LogP contribution in [0.5, 0.6) is 11.5 Å². The lowest BCUT2D eigenvalue weighted by Gasteiger charge is -2.07. The maximum atomic E-state index is 9.66. The van der Waals surface area contributed by atoms with Crippen LogP contribution >= 0.6 is 0 Å². The molecule has 0 aliphatic carbocycles. The van der Waals surface area contributed by atoms with E-state index in [1.807, 2.05) is 17.8 Å². The topological polar surface area (TPSA) is 60.2 Å². The van der Waals surface area contributed by atoms with Crippen LogP contribution in [0.1, 0.15) is 38.5 Å². The van der Waals surface area contributed by atoms with E-state index in [1.54, 1.807) is 24.5 Å². The molecule has 0 saturated carbocycles. The van der Waals surface area contributed by atoms with Gasteiger partial charge < -0.3 is 9.84 Å². The highest BCUT2D eigenvalue weighted by atomic mass is 16.5. The number of pyridine rings is 1. The van der Waals surface area contributed by atoms with Gasteiger partial charge in [-0.25, -0.2) is 0 Å². The van der Waals surface area contributed by atoms with E-state index in [0.717, 1.165) is 13.0 Å². The van der Waals surface area contributed by atoms with Crippen LogP contribution in [-0.4, -0.2) is 19.9 Å². The van der Waals surface area contributed by atoms with Crippen molar-refractivity contribution in [1.29, 1.82) is 0 Å². The second kappa shape index (κ2) is 6.33. The Bertz CT molecular complexity index is 508. The second-order valence-corrected chi connectivity index (χ2v) is 4.38. The van der Waals surface area contributed by atoms with Crippen molar-refractivity contribution in [2.24, 2.45) is 0 Å². The molecule has 0 saturated heterocycles. The highest BCUT2D eigenvalue weighted by Crippen LogP contribution is 2.22. The molecule has 0 spiro atoms. The van der Waals surface area contributed by atoms with Gasteiger partial charge in [0.05, 0.1) is 30.4 Å². The average molecular weight is 261 g/mol. The zero-order chi connectivity index (χ0) is 13.7. The third-order valence-corrected chi connectivity index (χ3v) is 2.79. The molecule has 0 amide bonds. The van der Waals surface area contributed by atoms with Crippen LogP contribution in [0.4, 0.5) is 0 Å². The molecule has 0 aliphatic rings. The van der Waals surface area contributed by atoms with Crippen LogP contribution < -0.4 is 4.74 Å². The fourth-order valence-electron chi connectivity index (χ4n) is 1.74. The molecule has 0 radical (unpaired) electrons. The summed E-state index contributed by atoms with van der Waals surface area (Å²) in [6.45, 7) is 4.89. The fraction of sp³-hybridized carbons (Fsp3) is 0.429. The zero-order valence-corrected chi connectivity index (χ0v) is 11.3. The van der Waals surface area contributed by atoms with Crippen molar-refractivity contribution in [3.05, 3.63) is 36.4 Å². The Morgan fingerprint density at radius 1 is 1.26 bits per heavy atom. The Kier molecular flexibility index (Phi) is 4.52. The van der Waals surface area contributed by atoms with Gasteiger partial charge >= 0.3 is 0 Å². The molecule has 1 N–H and O–H groups in total. The summed E-state index contributed by atoms with van der Waals surface area (Å²) in [6.07, 6.45) is 6.33. The van der Waals surface area contributed by atoms with E-state index in [0.29, 0.717) is 23.6 Å². The molecule has 1 atom stereocenters. The van der Waals surface area contributed by atoms with E-state index < -0.39 is 6.10 Å². The first kappa shape index (κ1) is 13.5. The molecule has 19 heavy (non-hydrogen) atoms. The zero-order valence-electron chi connectivity index (χ0n) is 11.3. The largest absolute Gasteiger partial charge is 0.452 e. The van der Waals surface area contributed by atoms with Crippen molar-refractivity contribution in [2.75, 3.05) is 0 Å². The summed E-state index contributed by atoms with van der Waals surface area (Å²) in [5.41, 5.74) is 0.663. The number of aliphatic hydroxyl groups is 1. The normalized spacial score (nSPS) is 12.4. The van der Waals surface area contributed by atoms with Crippen molar-refractivity contribution in [1.82, 2.24) is 14.8 Å². The van der Waals surface area contributed by atoms with E-state index in [9.17, 15) is 5.11 Å². The molecule has 2 heterocycles. The summed E-state index contributed by atoms with van der Waals surface area (Å²) in [5.74, 6) is 1.34. The van der Waals surface area contributed by atoms with Gasteiger partial charge in [0.25, 0.3) is 0 Å². The summed E-state index contributed by atoms with van der Waals surface area (Å²) in [7, 11) is 0. The van der Waals surface area contributed by atoms with Gasteiger partial charge in [0.15, 0.2) is 5.75 Å². The summed E-state index contributed by atoms with van der Waals surface area (Å²) in [4.78, 5) is 4.19. The predicted octanol–water partition coefficient (Wildman–Crippen LogP) is 2.92. The number of hydrogen-bond acceptors (Lipinski definition) is 4. The SMILES string of the molecule is CCCn1cc(Oc2ccc([C@H](O)CC)nc2)cn1. The molecule has 0 aliphatic heterocycles. The molecule has 0 bridgehead atoms. The van der Waals surface area contributed by atoms with E-state index in [4.69, 9.17) is 4.74 Å². The highest BCUT2D eigenvalue weighted by Gasteiger charge is 2.07. The number of aryl methyl sites for hydroxylation is 1. The van der Waals surface area contributed by atoms with Gasteiger partial charge in [-0.1, -0.05) is 13.8 Å². The number of nitrogens with zero attached hydrogens (tertiary/aromatic N) is 3. The first-order chi connectivity index (χ1) is 9.22. The molecule has 0 unspecified atom stereocenters. The van der Waals surface area contributed by atoms with Gasteiger partial charge in [-0.15, -0.1) is 0 Å². The van der Waals surface area contributed by atoms with E-state index in [2.05, 4.69) is 17.0 Å². The minimum absolute atomic E-state index is 0.513. The monoisotopic (exact) mass is 261 g/mol. The Balaban J connectivity index is 2.02. The minimum atomic E-state index is -0.513. The van der Waals surface area contributed by atoms with Crippen LogP contribution in [-0.2, 0) is 6.54 Å². The molecule has 5 heteroatoms. The molecule has 2 aromatic rings. The number of aromatic nitrogens is 3. The minimum Gasteiger partial charge on any atom is -0.452 e. The number of hydrogen-bond donors (Lipinski definition) is 1. The van der Waals surface area contributed by atoms with Crippen LogP contribution in [0.15, 0.2) is 30.7 Å². The number of aliphatic hydroxyl groups excluding tert-OH is 1. The highest BCUT2D eigenvalue weighted by molar-refractivity contribution is 5.27. The smallest absolute Gasteiger partial charge is 0.165 e. The van der Waals surface area contributed by atoms with Gasteiger partial charge in [0, 0.05) is 6.54 Å². The summed E-state index contributed by atoms with van der Waals surface area (Å²) >= 11 is 0. The molecule has 102 valence electrons. The molecule has 0 aromatic carbocycles. The second-order valence-electron chi connectivity index (χ2n) is 4.38. The molecule has 0 fully saturated rings. The maximum absolute atomic E-state index is 9.66. The van der Waals surface area contributed by atoms with Crippen molar-refractivity contribution in [3.63, 3.8) is 0 Å². The van der Waals surface area contributed by atoms with Crippen LogP contribution in [0, 0.1) is 0 Å². The summed E-state index contributed by atoms with van der Waals surface area (Å²) in [6, 6.07) is 3.58. The van der Waals surface area contributed by atoms with Gasteiger partial charge in [-0.2, -0.15) is 5.10 Å². The lowest BCUT2D eigenvalue weighted by Crippen LogP contribution is -1.98. The lowest BCUT2D eigenvalue weighted by atomic mass is 10.2. The van der Waals surface area contributed by atoms with Crippen molar-refractivity contribution >= 4 is 0 Å². The quantitative estimate of drug-likeness (QED) is 0.868. The predicted molar refractivity (Wildman–Crippen MR) is 72.1 cm³/mol. The Morgan fingerprint density at radius 2 is 2.11 bits per heavy atom. The van der Waals surface area contributed by atoms with Gasteiger partial charge in [-0.05, 0) is 25.0 Å². The van der Waals surface area contributed by atoms with Gasteiger partial charge in [-0.3, -0.25) is 9.67 Å². The van der Waals surface area contributed by atoms with Crippen molar-refractivity contribution in [2.45, 2.75) is 39.3 Å². The maximum Gasteiger partial charge on any atom is 0.165 e. The van der Waals surface area contributed by atoms with Crippen molar-refractivity contribution < 1.29 is 9.84 Å². The van der Waals surface area contributed by atoms with Crippen LogP contribution in [0.2, 0.25) is 0 Å². The summed E-state index contributed by atoms with van der Waals surface area (Å²) in [5, 5.41) is 13.8. The fourth-order valence-corrected chi connectivity index (χ4v) is 1.74. The van der Waals surface area contributed by atoms with Crippen LogP contribution in [0.3, 0.4) is 0 Å². The first-order valence-corrected chi connectivity index (χ1v) is 6.57. The molecular weight excluding hydrogens is 242 g/mol. The molecule has 2 rings (SSSR count). The Hall–Kier alpha value is -1.88. The van der Waals surface area contributed by atoms with Gasteiger partial charge in [0.1, 0.15) is 5.75 Å². The van der Waals surface area contributed by atoms with E-state index >= 15 is 0 Å². The Labute approximate surface area is 112 Å². The Morgan fingerprint density at radius 3 is 2.74 bits per heavy atom. The average Bonchev–Trinajstić information content (AvgIpc) is 2.86. The van der Waals surface area contributed by atoms with E-state index in [-0.39, 0.29) is 0 Å². The molecule has 5 nitrogen and oxygen atoms in total. The molecule has 2 aromatic heterocycles. The van der Waals surface area contributed by atoms with Crippen LogP contribution in [0.25, 0.3) is 0 Å². The third kappa shape index (κ3) is 3.54. The summed E-state index contributed by atoms with van der Waals surface area (Å²) < 4.78 is 7.49. The molecular formula is C14H19N3O2. The third-order valence-electron chi connectivity index (χ3n) is 2.79. The number of ether oxygens (including phenoxy) is 1. The lowest BCUT2D eigenvalue weighted by molar-refractivity contribution is 0.169. The van der Waals surface area contributed by atoms with E-state index in [1.165, 1.54) is 0 Å². The van der Waals surface area contributed by atoms with Gasteiger partial charge in [0.2, 0.25) is 0 Å². The number of rotatable bonds is 6. The first-order valence-electron chi connectivity index (χ1n) is 6.57. The standard InChI is InChI=1S/C14H19N3O2/c1-3-7-17-10-12(9-16-17)19-11-5-6-13(15-8-11)14(18)4-2/h5-6,8-10,14,18H,3-4,7H2,1-2H3/t14-/m1/s1. The van der Waals surface area contributed by atoms with Crippen molar-refractivity contribution in [3.8, 4) is 11.5 Å².